The van der Waals surface area contributed by atoms with Gasteiger partial charge >= 0.3 is 23.9 Å². The monoisotopic (exact) mass is 730 g/mol. The Labute approximate surface area is 303 Å². The molecule has 50 heavy (non-hydrogen) atoms. The fraction of sp³-hybridized carbons (Fsp3) is 0.579. The highest BCUT2D eigenvalue weighted by Gasteiger charge is 2.64. The van der Waals surface area contributed by atoms with Gasteiger partial charge < -0.3 is 28.7 Å². The molecule has 0 saturated carbocycles. The third-order valence-corrected chi connectivity index (χ3v) is 13.7. The van der Waals surface area contributed by atoms with Crippen LogP contribution in [-0.4, -0.2) is 81.3 Å². The summed E-state index contributed by atoms with van der Waals surface area (Å²) in [6, 6.07) is 11.8. The summed E-state index contributed by atoms with van der Waals surface area (Å²) < 4.78 is 11.9. The second-order valence-electron chi connectivity index (χ2n) is 15.7. The Kier molecular flexibility index (Phi) is 10.1. The third-order valence-electron chi connectivity index (χ3n) is 13.1. The second kappa shape index (κ2) is 13.7. The van der Waals surface area contributed by atoms with Gasteiger partial charge in [-0.05, 0) is 48.2 Å². The number of quaternary nitrogens is 2. The number of carboxylic acid groups (broad SMARTS) is 2. The normalized spacial score (nSPS) is 32.6. The molecule has 10 nitrogen and oxygen atoms in total. The van der Waals surface area contributed by atoms with Crippen LogP contribution in [0.15, 0.2) is 36.4 Å². The van der Waals surface area contributed by atoms with E-state index in [0.717, 1.165) is 45.8 Å². The van der Waals surface area contributed by atoms with Gasteiger partial charge in [-0.15, -0.1) is 0 Å². The Morgan fingerprint density at radius 2 is 1.06 bits per heavy atom. The van der Waals surface area contributed by atoms with E-state index in [4.69, 9.17) is 32.7 Å². The molecule has 0 radical (unpaired) electrons. The van der Waals surface area contributed by atoms with Gasteiger partial charge in [-0.2, -0.15) is 0 Å². The first kappa shape index (κ1) is 36.6. The van der Waals surface area contributed by atoms with E-state index < -0.39 is 29.3 Å². The highest BCUT2D eigenvalue weighted by molar-refractivity contribution is 6.32. The summed E-state index contributed by atoms with van der Waals surface area (Å²) in [5.74, 6) is -2.74. The quantitative estimate of drug-likeness (QED) is 0.146. The predicted octanol–water partition coefficient (Wildman–Crippen LogP) is 6.87. The van der Waals surface area contributed by atoms with Gasteiger partial charge in [0.15, 0.2) is 0 Å². The number of fused-ring (bicyclic) bond motifs is 4. The molecule has 4 bridgehead atoms. The van der Waals surface area contributed by atoms with Crippen molar-refractivity contribution >= 4 is 47.1 Å². The first-order valence-corrected chi connectivity index (χ1v) is 18.4. The van der Waals surface area contributed by atoms with Crippen molar-refractivity contribution in [2.45, 2.75) is 109 Å². The smallest absolute Gasteiger partial charge is 0.310 e. The van der Waals surface area contributed by atoms with Crippen LogP contribution in [0.1, 0.15) is 82.8 Å². The lowest BCUT2D eigenvalue weighted by atomic mass is 9.57. The Balaban J connectivity index is 1.23. The van der Waals surface area contributed by atoms with Crippen LogP contribution >= 0.6 is 23.2 Å². The van der Waals surface area contributed by atoms with E-state index >= 15 is 0 Å². The molecule has 2 aromatic carbocycles. The fourth-order valence-electron chi connectivity index (χ4n) is 10.7. The van der Waals surface area contributed by atoms with Crippen LogP contribution < -0.4 is 9.47 Å². The number of esters is 2. The molecular weight excluding hydrogens is 683 g/mol. The molecule has 270 valence electrons. The van der Waals surface area contributed by atoms with Crippen molar-refractivity contribution in [2.75, 3.05) is 14.1 Å². The Morgan fingerprint density at radius 3 is 1.34 bits per heavy atom. The average Bonchev–Trinajstić information content (AvgIpc) is 3.27. The molecule has 8 atom stereocenters. The van der Waals surface area contributed by atoms with E-state index in [0.29, 0.717) is 60.3 Å². The zero-order valence-corrected chi connectivity index (χ0v) is 30.7. The van der Waals surface area contributed by atoms with E-state index in [2.05, 4.69) is 14.1 Å². The summed E-state index contributed by atoms with van der Waals surface area (Å²) in [6.07, 6.45) is 6.13. The zero-order chi connectivity index (χ0) is 36.2. The number of halogens is 2. The molecule has 4 aliphatic rings. The number of aliphatic carboxylic acids is 2. The molecule has 0 aliphatic carbocycles. The lowest BCUT2D eigenvalue weighted by Crippen LogP contribution is -2.63. The number of hydrogen-bond donors (Lipinski definition) is 2. The Morgan fingerprint density at radius 1 is 0.700 bits per heavy atom. The van der Waals surface area contributed by atoms with Gasteiger partial charge in [-0.3, -0.25) is 19.2 Å². The van der Waals surface area contributed by atoms with Crippen LogP contribution in [0, 0.1) is 17.3 Å². The molecule has 4 fully saturated rings. The van der Waals surface area contributed by atoms with Gasteiger partial charge in [-0.1, -0.05) is 23.2 Å². The molecule has 6 rings (SSSR count). The molecule has 4 aliphatic heterocycles. The van der Waals surface area contributed by atoms with Gasteiger partial charge in [0, 0.05) is 76.3 Å². The number of ether oxygens (including phenoxy) is 2. The summed E-state index contributed by atoms with van der Waals surface area (Å²) in [7, 11) is 4.47. The molecule has 2 N–H and O–H groups in total. The van der Waals surface area contributed by atoms with Crippen LogP contribution in [0.4, 0.5) is 0 Å². The largest absolute Gasteiger partial charge is 0.481 e. The molecule has 0 aromatic heterocycles. The zero-order valence-electron chi connectivity index (χ0n) is 29.2. The number of carboxylic acids is 2. The van der Waals surface area contributed by atoms with Gasteiger partial charge in [-0.25, -0.2) is 0 Å². The minimum atomic E-state index is -1.35. The molecule has 4 unspecified atom stereocenters. The molecule has 4 heterocycles. The number of benzene rings is 2. The molecule has 4 saturated heterocycles. The summed E-state index contributed by atoms with van der Waals surface area (Å²) >= 11 is 12.9. The van der Waals surface area contributed by atoms with Crippen molar-refractivity contribution in [2.24, 2.45) is 17.3 Å². The third kappa shape index (κ3) is 6.64. The molecule has 12 heteroatoms. The number of hydrogen-bond acceptors (Lipinski definition) is 6. The summed E-state index contributed by atoms with van der Waals surface area (Å²) in [5.41, 5.74) is 0.678. The first-order valence-electron chi connectivity index (χ1n) is 17.6. The van der Waals surface area contributed by atoms with Crippen LogP contribution in [0.5, 0.6) is 11.5 Å². The minimum Gasteiger partial charge on any atom is -0.481 e. The Hall–Kier alpha value is -3.18. The van der Waals surface area contributed by atoms with E-state index in [9.17, 15) is 29.4 Å². The minimum absolute atomic E-state index is 0.194. The topological polar surface area (TPSA) is 127 Å². The van der Waals surface area contributed by atoms with Crippen molar-refractivity contribution in [3.8, 4) is 11.5 Å². The Bertz CT molecular complexity index is 1560. The van der Waals surface area contributed by atoms with Crippen molar-refractivity contribution in [3.05, 3.63) is 57.6 Å². The predicted molar refractivity (Wildman–Crippen MR) is 187 cm³/mol. The van der Waals surface area contributed by atoms with Gasteiger partial charge in [0.1, 0.15) is 24.6 Å². The van der Waals surface area contributed by atoms with Crippen molar-refractivity contribution in [1.82, 2.24) is 0 Å². The maximum atomic E-state index is 13.6. The highest BCUT2D eigenvalue weighted by Crippen LogP contribution is 2.59. The van der Waals surface area contributed by atoms with E-state index in [1.54, 1.807) is 12.1 Å². The summed E-state index contributed by atoms with van der Waals surface area (Å²) in [5, 5.41) is 22.2. The van der Waals surface area contributed by atoms with Crippen molar-refractivity contribution in [1.29, 1.82) is 0 Å². The van der Waals surface area contributed by atoms with Crippen LogP contribution in [0.25, 0.3) is 0 Å². The number of carbonyl (C=O) groups is 4. The standard InChI is InChI=1S/C38H46Cl2N2O8/c1-22(43)49-34-11-5-24(13-32(34)39)20-41(3)28-7-8-29(41)16-26(15-28)38(37(47)48,19-36(45)46)27-17-30-9-10-31(18-27)42(30,4)21-25-6-12-35(33(40)14-25)50-23(2)44/h5-6,11-14,26-31H,7-10,15-21H2,1-4H3/p+2/t26?,27?,28-,29+,30-,31+,38?,41?,42?. The van der Waals surface area contributed by atoms with Gasteiger partial charge in [0.2, 0.25) is 0 Å². The second-order valence-corrected chi connectivity index (χ2v) is 16.6. The maximum absolute atomic E-state index is 13.6. The van der Waals surface area contributed by atoms with E-state index in [-0.39, 0.29) is 42.4 Å². The number of nitrogens with zero attached hydrogens (tertiary/aromatic N) is 2. The van der Waals surface area contributed by atoms with E-state index in [1.807, 2.05) is 24.3 Å². The SMILES string of the molecule is CC(=O)Oc1ccc(C[N+]2(C)[C@@H]3CC[C@H]2CC(C(CC(=O)O)(C(=O)O)C2C[C@H]4CC[C@@H](C2)[N+]4(C)Cc2ccc(OC(C)=O)c(Cl)c2)C3)cc1Cl. The lowest BCUT2D eigenvalue weighted by Gasteiger charge is -2.55. The van der Waals surface area contributed by atoms with Crippen LogP contribution in [-0.2, 0) is 32.3 Å². The first-order chi connectivity index (χ1) is 23.5. The molecule has 2 aromatic rings. The average molecular weight is 732 g/mol. The highest BCUT2D eigenvalue weighted by atomic mass is 35.5. The lowest BCUT2D eigenvalue weighted by molar-refractivity contribution is -0.963. The number of carbonyl (C=O) groups excluding carboxylic acids is 2. The number of piperidine rings is 2. The summed E-state index contributed by atoms with van der Waals surface area (Å²) in [4.78, 5) is 49.2. The van der Waals surface area contributed by atoms with Gasteiger partial charge in [0.05, 0.1) is 60.1 Å². The summed E-state index contributed by atoms with van der Waals surface area (Å²) in [6.45, 7) is 4.08. The van der Waals surface area contributed by atoms with Crippen LogP contribution in [0.3, 0.4) is 0 Å². The van der Waals surface area contributed by atoms with E-state index in [1.165, 1.54) is 13.8 Å². The van der Waals surface area contributed by atoms with Crippen LogP contribution in [0.2, 0.25) is 10.0 Å². The molecule has 0 amide bonds. The van der Waals surface area contributed by atoms with Crippen molar-refractivity contribution in [3.63, 3.8) is 0 Å². The van der Waals surface area contributed by atoms with Gasteiger partial charge in [0.25, 0.3) is 0 Å². The maximum Gasteiger partial charge on any atom is 0.310 e. The molecular formula is C38H48Cl2N2O8+2. The van der Waals surface area contributed by atoms with Crippen molar-refractivity contribution < 1.29 is 47.8 Å². The fourth-order valence-corrected chi connectivity index (χ4v) is 11.2. The number of rotatable bonds is 11. The molecule has 0 spiro atoms.